The number of aromatic nitrogens is 4. The van der Waals surface area contributed by atoms with Gasteiger partial charge in [-0.05, 0) is 87.6 Å². The molecule has 0 radical (unpaired) electrons. The van der Waals surface area contributed by atoms with Gasteiger partial charge in [0.25, 0.3) is 5.56 Å². The van der Waals surface area contributed by atoms with Crippen LogP contribution >= 0.6 is 0 Å². The van der Waals surface area contributed by atoms with Crippen molar-refractivity contribution in [3.63, 3.8) is 0 Å². The lowest BCUT2D eigenvalue weighted by atomic mass is 9.91. The maximum atomic E-state index is 15.6. The molecule has 43 heavy (non-hydrogen) atoms. The van der Waals surface area contributed by atoms with Gasteiger partial charge < -0.3 is 9.84 Å². The SMILES string of the molecule is CCCc1c(Cc2ccc(-c3ccccc3C#N)cc2F)c(=O)n(C2CCC(OC3(C(C)(C)O)CC3)CC2)c2ncnn12. The Labute approximate surface area is 250 Å². The zero-order valence-corrected chi connectivity index (χ0v) is 25.0. The summed E-state index contributed by atoms with van der Waals surface area (Å²) in [6.45, 7) is 5.67. The highest BCUT2D eigenvalue weighted by atomic mass is 19.1. The average molecular weight is 584 g/mol. The minimum Gasteiger partial charge on any atom is -0.387 e. The number of hydrogen-bond acceptors (Lipinski definition) is 6. The van der Waals surface area contributed by atoms with Gasteiger partial charge in [0.2, 0.25) is 5.78 Å². The van der Waals surface area contributed by atoms with Gasteiger partial charge in [-0.15, -0.1) is 0 Å². The van der Waals surface area contributed by atoms with Gasteiger partial charge in [0.05, 0.1) is 34.6 Å². The van der Waals surface area contributed by atoms with E-state index in [9.17, 15) is 15.2 Å². The normalized spacial score (nSPS) is 19.8. The molecule has 0 bridgehead atoms. The fourth-order valence-corrected chi connectivity index (χ4v) is 6.69. The number of ether oxygens (including phenoxy) is 1. The maximum Gasteiger partial charge on any atom is 0.259 e. The Hall–Kier alpha value is -3.87. The molecule has 0 aliphatic heterocycles. The van der Waals surface area contributed by atoms with Gasteiger partial charge in [0, 0.05) is 18.0 Å². The number of nitrogens with zero attached hydrogens (tertiary/aromatic N) is 5. The second kappa shape index (κ2) is 11.3. The van der Waals surface area contributed by atoms with E-state index in [1.54, 1.807) is 33.3 Å². The minimum atomic E-state index is -0.884. The van der Waals surface area contributed by atoms with Crippen LogP contribution in [-0.4, -0.2) is 41.6 Å². The Kier molecular flexibility index (Phi) is 7.69. The maximum absolute atomic E-state index is 15.6. The molecule has 2 aromatic carbocycles. The summed E-state index contributed by atoms with van der Waals surface area (Å²) in [5.74, 6) is 0.0939. The van der Waals surface area contributed by atoms with Gasteiger partial charge in [-0.2, -0.15) is 15.3 Å². The third-order valence-corrected chi connectivity index (χ3v) is 9.31. The van der Waals surface area contributed by atoms with E-state index in [1.165, 1.54) is 12.4 Å². The van der Waals surface area contributed by atoms with Crippen LogP contribution in [0.3, 0.4) is 0 Å². The van der Waals surface area contributed by atoms with E-state index >= 15 is 4.39 Å². The lowest BCUT2D eigenvalue weighted by Crippen LogP contribution is -2.44. The Bertz CT molecular complexity index is 1750. The lowest BCUT2D eigenvalue weighted by Gasteiger charge is -2.37. The first-order valence-corrected chi connectivity index (χ1v) is 15.3. The molecule has 0 atom stereocenters. The van der Waals surface area contributed by atoms with Crippen LogP contribution in [0.4, 0.5) is 4.39 Å². The van der Waals surface area contributed by atoms with E-state index in [0.717, 1.165) is 50.6 Å². The highest BCUT2D eigenvalue weighted by Crippen LogP contribution is 2.50. The average Bonchev–Trinajstić information content (AvgIpc) is 3.64. The first-order valence-electron chi connectivity index (χ1n) is 15.3. The summed E-state index contributed by atoms with van der Waals surface area (Å²) < 4.78 is 25.6. The second-order valence-corrected chi connectivity index (χ2v) is 12.6. The van der Waals surface area contributed by atoms with Gasteiger partial charge in [0.1, 0.15) is 12.1 Å². The quantitative estimate of drug-likeness (QED) is 0.262. The Morgan fingerprint density at radius 2 is 1.91 bits per heavy atom. The molecule has 2 heterocycles. The van der Waals surface area contributed by atoms with Crippen molar-refractivity contribution < 1.29 is 14.2 Å². The van der Waals surface area contributed by atoms with Crippen molar-refractivity contribution >= 4 is 5.78 Å². The van der Waals surface area contributed by atoms with Gasteiger partial charge in [0.15, 0.2) is 0 Å². The van der Waals surface area contributed by atoms with Crippen LogP contribution in [0.15, 0.2) is 53.6 Å². The molecule has 0 unspecified atom stereocenters. The molecule has 4 aromatic rings. The van der Waals surface area contributed by atoms with Crippen molar-refractivity contribution in [1.82, 2.24) is 19.2 Å². The Morgan fingerprint density at radius 1 is 1.16 bits per heavy atom. The van der Waals surface area contributed by atoms with Gasteiger partial charge in [-0.1, -0.05) is 43.7 Å². The Morgan fingerprint density at radius 3 is 2.56 bits per heavy atom. The summed E-state index contributed by atoms with van der Waals surface area (Å²) in [5.41, 5.74) is 1.97. The van der Waals surface area contributed by atoms with E-state index in [2.05, 4.69) is 16.2 Å². The molecule has 8 nitrogen and oxygen atoms in total. The molecule has 0 saturated heterocycles. The summed E-state index contributed by atoms with van der Waals surface area (Å²) in [4.78, 5) is 18.8. The highest BCUT2D eigenvalue weighted by Gasteiger charge is 2.56. The number of aliphatic hydroxyl groups is 1. The summed E-state index contributed by atoms with van der Waals surface area (Å²) >= 11 is 0. The number of hydrogen-bond donors (Lipinski definition) is 1. The standard InChI is InChI=1S/C34H38FN5O3/c1-4-7-30-28(18-23-11-10-22(19-29(23)35)27-9-6-5-8-24(27)20-36)31(41)39(32-37-21-38-40(30)32)25-12-14-26(15-13-25)43-34(16-17-34)33(2,3)42/h5-6,8-11,19,21,25-26,42H,4,7,12-18H2,1-3H3. The fraction of sp³-hybridized carbons (Fsp3) is 0.471. The van der Waals surface area contributed by atoms with Gasteiger partial charge in [-0.25, -0.2) is 8.91 Å². The minimum absolute atomic E-state index is 0.0346. The summed E-state index contributed by atoms with van der Waals surface area (Å²) in [6, 6.07) is 14.2. The van der Waals surface area contributed by atoms with E-state index in [1.807, 2.05) is 32.9 Å². The molecule has 1 N–H and O–H groups in total. The smallest absolute Gasteiger partial charge is 0.259 e. The number of benzene rings is 2. The number of halogens is 1. The third-order valence-electron chi connectivity index (χ3n) is 9.31. The number of nitriles is 1. The number of rotatable bonds is 9. The monoisotopic (exact) mass is 583 g/mol. The van der Waals surface area contributed by atoms with Crippen LogP contribution in [0.5, 0.6) is 0 Å². The van der Waals surface area contributed by atoms with Crippen molar-refractivity contribution in [3.8, 4) is 17.2 Å². The van der Waals surface area contributed by atoms with Gasteiger partial charge >= 0.3 is 0 Å². The molecule has 2 aliphatic carbocycles. The zero-order valence-electron chi connectivity index (χ0n) is 25.0. The molecule has 2 saturated carbocycles. The van der Waals surface area contributed by atoms with Crippen molar-refractivity contribution in [2.45, 2.75) is 102 Å². The third kappa shape index (κ3) is 5.39. The highest BCUT2D eigenvalue weighted by molar-refractivity contribution is 5.70. The zero-order chi connectivity index (χ0) is 30.4. The second-order valence-electron chi connectivity index (χ2n) is 12.6. The molecule has 9 heteroatoms. The van der Waals surface area contributed by atoms with Crippen LogP contribution in [0.1, 0.15) is 94.1 Å². The fourth-order valence-electron chi connectivity index (χ4n) is 6.69. The van der Waals surface area contributed by atoms with Gasteiger partial charge in [-0.3, -0.25) is 9.36 Å². The van der Waals surface area contributed by atoms with Crippen LogP contribution in [0.25, 0.3) is 16.9 Å². The molecule has 224 valence electrons. The van der Waals surface area contributed by atoms with E-state index in [-0.39, 0.29) is 24.1 Å². The van der Waals surface area contributed by atoms with Crippen LogP contribution in [0, 0.1) is 17.1 Å². The topological polar surface area (TPSA) is 105 Å². The first kappa shape index (κ1) is 29.2. The van der Waals surface area contributed by atoms with E-state index in [4.69, 9.17) is 4.74 Å². The van der Waals surface area contributed by atoms with Crippen LogP contribution < -0.4 is 5.56 Å². The van der Waals surface area contributed by atoms with Crippen molar-refractivity contribution in [3.05, 3.63) is 87.3 Å². The van der Waals surface area contributed by atoms with Crippen molar-refractivity contribution in [2.75, 3.05) is 0 Å². The summed E-state index contributed by atoms with van der Waals surface area (Å²) in [5, 5.41) is 24.6. The van der Waals surface area contributed by atoms with Crippen molar-refractivity contribution in [2.24, 2.45) is 0 Å². The van der Waals surface area contributed by atoms with E-state index in [0.29, 0.717) is 40.0 Å². The Balaban J connectivity index is 1.32. The lowest BCUT2D eigenvalue weighted by molar-refractivity contribution is -0.145. The van der Waals surface area contributed by atoms with Crippen LogP contribution in [0.2, 0.25) is 0 Å². The predicted octanol–water partition coefficient (Wildman–Crippen LogP) is 5.92. The largest absolute Gasteiger partial charge is 0.387 e. The number of fused-ring (bicyclic) bond motifs is 1. The first-order chi connectivity index (χ1) is 20.7. The molecule has 0 spiro atoms. The summed E-state index contributed by atoms with van der Waals surface area (Å²) in [6.07, 6.45) is 7.81. The molecular weight excluding hydrogens is 545 g/mol. The molecule has 2 aliphatic rings. The molecule has 6 rings (SSSR count). The van der Waals surface area contributed by atoms with Crippen LogP contribution in [-0.2, 0) is 17.6 Å². The predicted molar refractivity (Wildman–Crippen MR) is 161 cm³/mol. The molecule has 2 aromatic heterocycles. The van der Waals surface area contributed by atoms with E-state index < -0.39 is 17.0 Å². The molecule has 0 amide bonds. The molecule has 2 fully saturated rings. The molecular formula is C34H38FN5O3. The number of aryl methyl sites for hydroxylation is 1. The van der Waals surface area contributed by atoms with Crippen molar-refractivity contribution in [1.29, 1.82) is 5.26 Å². The summed E-state index contributed by atoms with van der Waals surface area (Å²) in [7, 11) is 0.